The minimum Gasteiger partial charge on any atom is -0.481 e. The summed E-state index contributed by atoms with van der Waals surface area (Å²) in [5, 5.41) is 11.4. The highest BCUT2D eigenvalue weighted by molar-refractivity contribution is 5.90. The van der Waals surface area contributed by atoms with Gasteiger partial charge in [-0.1, -0.05) is 19.1 Å². The van der Waals surface area contributed by atoms with Crippen LogP contribution in [0.2, 0.25) is 0 Å². The van der Waals surface area contributed by atoms with Crippen molar-refractivity contribution in [2.45, 2.75) is 19.8 Å². The summed E-state index contributed by atoms with van der Waals surface area (Å²) in [4.78, 5) is 22.2. The molecule has 0 heterocycles. The minimum atomic E-state index is -0.870. The van der Waals surface area contributed by atoms with Crippen molar-refractivity contribution >= 4 is 17.6 Å². The van der Waals surface area contributed by atoms with Crippen molar-refractivity contribution in [3.63, 3.8) is 0 Å². The van der Waals surface area contributed by atoms with Crippen LogP contribution in [0.5, 0.6) is 0 Å². The number of nitrogens with one attached hydrogen (secondary N) is 1. The molecule has 0 aromatic heterocycles. The molecule has 1 aromatic carbocycles. The van der Waals surface area contributed by atoms with Gasteiger partial charge in [0.1, 0.15) is 0 Å². The van der Waals surface area contributed by atoms with Gasteiger partial charge in [-0.3, -0.25) is 9.59 Å². The highest BCUT2D eigenvalue weighted by Crippen LogP contribution is 2.12. The molecule has 0 fully saturated rings. The Bertz CT molecular complexity index is 428. The molecule has 0 radical (unpaired) electrons. The number of benzene rings is 1. The molecule has 1 aromatic rings. The van der Waals surface area contributed by atoms with Crippen molar-refractivity contribution in [2.75, 3.05) is 19.0 Å². The second kappa shape index (κ2) is 7.53. The summed E-state index contributed by atoms with van der Waals surface area (Å²) in [7, 11) is 1.61. The first-order valence-electron chi connectivity index (χ1n) is 6.10. The number of carbonyl (C=O) groups is 2. The zero-order chi connectivity index (χ0) is 14.3. The summed E-state index contributed by atoms with van der Waals surface area (Å²) in [5.41, 5.74) is 1.38. The zero-order valence-corrected chi connectivity index (χ0v) is 11.2. The number of rotatable bonds is 7. The monoisotopic (exact) mass is 265 g/mol. The van der Waals surface area contributed by atoms with E-state index < -0.39 is 5.97 Å². The van der Waals surface area contributed by atoms with Gasteiger partial charge < -0.3 is 15.2 Å². The number of anilines is 1. The van der Waals surface area contributed by atoms with E-state index in [0.717, 1.165) is 0 Å². The van der Waals surface area contributed by atoms with Crippen LogP contribution in [0.25, 0.3) is 0 Å². The van der Waals surface area contributed by atoms with Gasteiger partial charge in [-0.15, -0.1) is 0 Å². The van der Waals surface area contributed by atoms with E-state index in [2.05, 4.69) is 5.32 Å². The predicted octanol–water partition coefficient (Wildman–Crippen LogP) is 1.92. The smallest absolute Gasteiger partial charge is 0.307 e. The topological polar surface area (TPSA) is 75.6 Å². The lowest BCUT2D eigenvalue weighted by Gasteiger charge is -2.10. The van der Waals surface area contributed by atoms with E-state index in [4.69, 9.17) is 9.84 Å². The van der Waals surface area contributed by atoms with Gasteiger partial charge in [-0.05, 0) is 23.6 Å². The second-order valence-electron chi connectivity index (χ2n) is 4.58. The van der Waals surface area contributed by atoms with Crippen LogP contribution in [-0.2, 0) is 20.7 Å². The Morgan fingerprint density at radius 1 is 1.32 bits per heavy atom. The predicted molar refractivity (Wildman–Crippen MR) is 72.1 cm³/mol. The van der Waals surface area contributed by atoms with Crippen molar-refractivity contribution in [1.82, 2.24) is 0 Å². The van der Waals surface area contributed by atoms with Crippen LogP contribution in [-0.4, -0.2) is 30.7 Å². The first kappa shape index (κ1) is 15.2. The number of carboxylic acids is 1. The molecule has 0 bridgehead atoms. The number of aliphatic carboxylic acids is 1. The molecule has 5 nitrogen and oxygen atoms in total. The molecule has 1 amide bonds. The third kappa shape index (κ3) is 6.01. The minimum absolute atomic E-state index is 0.0148. The summed E-state index contributed by atoms with van der Waals surface area (Å²) in [6, 6.07) is 6.80. The maximum absolute atomic E-state index is 11.7. The summed E-state index contributed by atoms with van der Waals surface area (Å²) in [5.74, 6) is -0.781. The summed E-state index contributed by atoms with van der Waals surface area (Å²) in [6.07, 6.45) is 0.379. The highest BCUT2D eigenvalue weighted by Gasteiger charge is 2.09. The van der Waals surface area contributed by atoms with Crippen molar-refractivity contribution in [3.8, 4) is 0 Å². The van der Waals surface area contributed by atoms with Gasteiger partial charge in [0.2, 0.25) is 5.91 Å². The molecule has 0 aliphatic rings. The Labute approximate surface area is 112 Å². The van der Waals surface area contributed by atoms with Crippen molar-refractivity contribution in [2.24, 2.45) is 5.92 Å². The number of carbonyl (C=O) groups excluding carboxylic acids is 1. The van der Waals surface area contributed by atoms with E-state index in [1.807, 2.05) is 6.92 Å². The number of amides is 1. The third-order valence-corrected chi connectivity index (χ3v) is 2.58. The molecule has 0 aliphatic carbocycles. The Morgan fingerprint density at radius 2 is 1.95 bits per heavy atom. The van der Waals surface area contributed by atoms with Gasteiger partial charge in [-0.2, -0.15) is 0 Å². The summed E-state index contributed by atoms with van der Waals surface area (Å²) < 4.78 is 4.97. The lowest BCUT2D eigenvalue weighted by Crippen LogP contribution is -2.17. The van der Waals surface area contributed by atoms with Gasteiger partial charge in [0.25, 0.3) is 0 Å². The van der Waals surface area contributed by atoms with Crippen LogP contribution < -0.4 is 5.32 Å². The fourth-order valence-corrected chi connectivity index (χ4v) is 1.75. The average molecular weight is 265 g/mol. The molecule has 0 saturated heterocycles. The molecule has 5 heteroatoms. The average Bonchev–Trinajstić information content (AvgIpc) is 2.31. The first-order chi connectivity index (χ1) is 9.01. The SMILES string of the molecule is COCC(C)CC(=O)Nc1ccc(CC(=O)O)cc1. The maximum Gasteiger partial charge on any atom is 0.307 e. The van der Waals surface area contributed by atoms with Crippen LogP contribution in [0.1, 0.15) is 18.9 Å². The quantitative estimate of drug-likeness (QED) is 0.789. The van der Waals surface area contributed by atoms with E-state index >= 15 is 0 Å². The molecule has 0 aliphatic heterocycles. The summed E-state index contributed by atoms with van der Waals surface area (Å²) >= 11 is 0. The Balaban J connectivity index is 2.48. The molecular weight excluding hydrogens is 246 g/mol. The molecule has 2 N–H and O–H groups in total. The Morgan fingerprint density at radius 3 is 2.47 bits per heavy atom. The van der Waals surface area contributed by atoms with E-state index in [1.165, 1.54) is 0 Å². The molecule has 104 valence electrons. The zero-order valence-electron chi connectivity index (χ0n) is 11.2. The number of hydrogen-bond acceptors (Lipinski definition) is 3. The number of hydrogen-bond donors (Lipinski definition) is 2. The van der Waals surface area contributed by atoms with Gasteiger partial charge in [-0.25, -0.2) is 0 Å². The fraction of sp³-hybridized carbons (Fsp3) is 0.429. The lowest BCUT2D eigenvalue weighted by atomic mass is 10.1. The standard InChI is InChI=1S/C14H19NO4/c1-10(9-19-2)7-13(16)15-12-5-3-11(4-6-12)8-14(17)18/h3-6,10H,7-9H2,1-2H3,(H,15,16)(H,17,18). The van der Waals surface area contributed by atoms with Crippen molar-refractivity contribution < 1.29 is 19.4 Å². The number of carboxylic acid groups (broad SMARTS) is 1. The highest BCUT2D eigenvalue weighted by atomic mass is 16.5. The van der Waals surface area contributed by atoms with Gasteiger partial charge in [0, 0.05) is 25.8 Å². The fourth-order valence-electron chi connectivity index (χ4n) is 1.75. The van der Waals surface area contributed by atoms with E-state index in [1.54, 1.807) is 31.4 Å². The molecule has 1 rings (SSSR count). The molecule has 0 saturated carbocycles. The van der Waals surface area contributed by atoms with Crippen LogP contribution >= 0.6 is 0 Å². The molecule has 1 atom stereocenters. The largest absolute Gasteiger partial charge is 0.481 e. The molecule has 0 spiro atoms. The van der Waals surface area contributed by atoms with Crippen LogP contribution in [0.15, 0.2) is 24.3 Å². The lowest BCUT2D eigenvalue weighted by molar-refractivity contribution is -0.136. The van der Waals surface area contributed by atoms with Crippen molar-refractivity contribution in [1.29, 1.82) is 0 Å². The Hall–Kier alpha value is -1.88. The normalized spacial score (nSPS) is 11.9. The van der Waals surface area contributed by atoms with Crippen LogP contribution in [0.3, 0.4) is 0 Å². The van der Waals surface area contributed by atoms with E-state index in [0.29, 0.717) is 24.3 Å². The molecular formula is C14H19NO4. The maximum atomic E-state index is 11.7. The first-order valence-corrected chi connectivity index (χ1v) is 6.10. The third-order valence-electron chi connectivity index (χ3n) is 2.58. The molecule has 19 heavy (non-hydrogen) atoms. The number of methoxy groups -OCH3 is 1. The van der Waals surface area contributed by atoms with Gasteiger partial charge >= 0.3 is 5.97 Å². The summed E-state index contributed by atoms with van der Waals surface area (Å²) in [6.45, 7) is 2.49. The van der Waals surface area contributed by atoms with E-state index in [9.17, 15) is 9.59 Å². The van der Waals surface area contributed by atoms with Crippen molar-refractivity contribution in [3.05, 3.63) is 29.8 Å². The van der Waals surface area contributed by atoms with Gasteiger partial charge in [0.05, 0.1) is 6.42 Å². The Kier molecular flexibility index (Phi) is 6.02. The second-order valence-corrected chi connectivity index (χ2v) is 4.58. The van der Waals surface area contributed by atoms with Crippen LogP contribution in [0, 0.1) is 5.92 Å². The van der Waals surface area contributed by atoms with E-state index in [-0.39, 0.29) is 18.2 Å². The van der Waals surface area contributed by atoms with Gasteiger partial charge in [0.15, 0.2) is 0 Å². The number of ether oxygens (including phenoxy) is 1. The van der Waals surface area contributed by atoms with Crippen LogP contribution in [0.4, 0.5) is 5.69 Å². The molecule has 1 unspecified atom stereocenters.